The van der Waals surface area contributed by atoms with Crippen LogP contribution < -0.4 is 9.64 Å². The monoisotopic (exact) mass is 339 g/mol. The van der Waals surface area contributed by atoms with Crippen molar-refractivity contribution in [2.75, 3.05) is 44.7 Å². The summed E-state index contributed by atoms with van der Waals surface area (Å²) in [4.78, 5) is 10.1. The van der Waals surface area contributed by atoms with E-state index in [4.69, 9.17) is 9.72 Å². The molecule has 2 fully saturated rings. The van der Waals surface area contributed by atoms with E-state index in [1.807, 2.05) is 12.1 Å². The van der Waals surface area contributed by atoms with Crippen LogP contribution in [0.25, 0.3) is 10.9 Å². The Morgan fingerprint density at radius 3 is 2.76 bits per heavy atom. The SMILES string of the molecule is COc1cccc2ccc(N3CCC[C@H](CN4CCCCC4)C3)nc12. The van der Waals surface area contributed by atoms with Crippen molar-refractivity contribution < 1.29 is 4.74 Å². The molecule has 0 N–H and O–H groups in total. The Labute approximate surface area is 150 Å². The topological polar surface area (TPSA) is 28.6 Å². The zero-order chi connectivity index (χ0) is 17.1. The van der Waals surface area contributed by atoms with E-state index in [9.17, 15) is 0 Å². The molecule has 0 unspecified atom stereocenters. The molecule has 2 saturated heterocycles. The lowest BCUT2D eigenvalue weighted by molar-refractivity contribution is 0.185. The molecule has 1 aromatic carbocycles. The number of benzene rings is 1. The molecule has 0 spiro atoms. The van der Waals surface area contributed by atoms with Gasteiger partial charge in [-0.1, -0.05) is 18.6 Å². The van der Waals surface area contributed by atoms with Gasteiger partial charge in [0, 0.05) is 25.0 Å². The summed E-state index contributed by atoms with van der Waals surface area (Å²) in [5.41, 5.74) is 0.973. The van der Waals surface area contributed by atoms with Gasteiger partial charge < -0.3 is 14.5 Å². The van der Waals surface area contributed by atoms with Crippen LogP contribution in [-0.2, 0) is 0 Å². The molecule has 3 heterocycles. The van der Waals surface area contributed by atoms with Gasteiger partial charge in [0.1, 0.15) is 17.1 Å². The number of hydrogen-bond acceptors (Lipinski definition) is 4. The Kier molecular flexibility index (Phi) is 5.07. The summed E-state index contributed by atoms with van der Waals surface area (Å²) in [6.07, 6.45) is 6.79. The van der Waals surface area contributed by atoms with E-state index in [0.29, 0.717) is 0 Å². The third kappa shape index (κ3) is 3.74. The Hall–Kier alpha value is -1.81. The predicted octanol–water partition coefficient (Wildman–Crippen LogP) is 3.95. The number of likely N-dealkylation sites (tertiary alicyclic amines) is 1. The number of hydrogen-bond donors (Lipinski definition) is 0. The molecule has 4 nitrogen and oxygen atoms in total. The van der Waals surface area contributed by atoms with Crippen LogP contribution in [0.4, 0.5) is 5.82 Å². The maximum Gasteiger partial charge on any atom is 0.145 e. The minimum absolute atomic E-state index is 0.766. The number of methoxy groups -OCH3 is 1. The van der Waals surface area contributed by atoms with Gasteiger partial charge >= 0.3 is 0 Å². The Bertz CT molecular complexity index is 711. The van der Waals surface area contributed by atoms with Crippen molar-refractivity contribution in [3.05, 3.63) is 30.3 Å². The van der Waals surface area contributed by atoms with Gasteiger partial charge in [0.15, 0.2) is 0 Å². The summed E-state index contributed by atoms with van der Waals surface area (Å²) in [6.45, 7) is 6.09. The average Bonchev–Trinajstić information content (AvgIpc) is 2.68. The Balaban J connectivity index is 1.49. The van der Waals surface area contributed by atoms with Gasteiger partial charge in [-0.3, -0.25) is 0 Å². The molecule has 0 radical (unpaired) electrons. The van der Waals surface area contributed by atoms with E-state index in [2.05, 4.69) is 28.0 Å². The first kappa shape index (κ1) is 16.6. The fourth-order valence-corrected chi connectivity index (χ4v) is 4.38. The van der Waals surface area contributed by atoms with E-state index in [-0.39, 0.29) is 0 Å². The summed E-state index contributed by atoms with van der Waals surface area (Å²) in [5, 5.41) is 1.14. The normalized spacial score (nSPS) is 22.3. The molecule has 2 aliphatic heterocycles. The highest BCUT2D eigenvalue weighted by Crippen LogP contribution is 2.28. The number of anilines is 1. The van der Waals surface area contributed by atoms with Gasteiger partial charge in [-0.05, 0) is 62.9 Å². The van der Waals surface area contributed by atoms with Gasteiger partial charge in [-0.2, -0.15) is 0 Å². The molecule has 0 aliphatic carbocycles. The second kappa shape index (κ2) is 7.61. The van der Waals surface area contributed by atoms with Crippen LogP contribution in [0.3, 0.4) is 0 Å². The minimum Gasteiger partial charge on any atom is -0.494 e. The third-order valence-electron chi connectivity index (χ3n) is 5.70. The van der Waals surface area contributed by atoms with Crippen molar-refractivity contribution in [1.29, 1.82) is 0 Å². The second-order valence-electron chi connectivity index (χ2n) is 7.52. The molecule has 4 heteroatoms. The van der Waals surface area contributed by atoms with Gasteiger partial charge in [0.05, 0.1) is 7.11 Å². The molecule has 1 aromatic heterocycles. The first-order valence-electron chi connectivity index (χ1n) is 9.74. The average molecular weight is 339 g/mol. The van der Waals surface area contributed by atoms with Crippen molar-refractivity contribution in [2.24, 2.45) is 5.92 Å². The lowest BCUT2D eigenvalue weighted by atomic mass is 9.96. The first-order valence-corrected chi connectivity index (χ1v) is 9.74. The van der Waals surface area contributed by atoms with Crippen LogP contribution in [0.5, 0.6) is 5.75 Å². The quantitative estimate of drug-likeness (QED) is 0.843. The van der Waals surface area contributed by atoms with Crippen molar-refractivity contribution in [2.45, 2.75) is 32.1 Å². The minimum atomic E-state index is 0.766. The molecule has 2 aromatic rings. The van der Waals surface area contributed by atoms with E-state index in [0.717, 1.165) is 41.5 Å². The zero-order valence-electron chi connectivity index (χ0n) is 15.3. The first-order chi connectivity index (χ1) is 12.3. The molecule has 0 bridgehead atoms. The highest BCUT2D eigenvalue weighted by atomic mass is 16.5. The summed E-state index contributed by atoms with van der Waals surface area (Å²) in [6, 6.07) is 10.5. The molecule has 0 amide bonds. The van der Waals surface area contributed by atoms with Gasteiger partial charge in [-0.25, -0.2) is 4.98 Å². The maximum atomic E-state index is 5.50. The Morgan fingerprint density at radius 1 is 1.04 bits per heavy atom. The molecule has 2 aliphatic rings. The number of piperidine rings is 2. The lowest BCUT2D eigenvalue weighted by Gasteiger charge is -2.37. The lowest BCUT2D eigenvalue weighted by Crippen LogP contribution is -2.42. The molecule has 25 heavy (non-hydrogen) atoms. The fraction of sp³-hybridized carbons (Fsp3) is 0.571. The number of aromatic nitrogens is 1. The van der Waals surface area contributed by atoms with Crippen molar-refractivity contribution in [1.82, 2.24) is 9.88 Å². The molecule has 1 atom stereocenters. The van der Waals surface area contributed by atoms with E-state index in [1.165, 1.54) is 51.7 Å². The second-order valence-corrected chi connectivity index (χ2v) is 7.52. The number of nitrogens with zero attached hydrogens (tertiary/aromatic N) is 3. The molecule has 4 rings (SSSR count). The number of ether oxygens (including phenoxy) is 1. The largest absolute Gasteiger partial charge is 0.494 e. The fourth-order valence-electron chi connectivity index (χ4n) is 4.38. The van der Waals surface area contributed by atoms with Crippen LogP contribution in [0.1, 0.15) is 32.1 Å². The zero-order valence-corrected chi connectivity index (χ0v) is 15.3. The van der Waals surface area contributed by atoms with E-state index >= 15 is 0 Å². The molecule has 134 valence electrons. The van der Waals surface area contributed by atoms with Gasteiger partial charge in [0.25, 0.3) is 0 Å². The van der Waals surface area contributed by atoms with Crippen LogP contribution >= 0.6 is 0 Å². The standard InChI is InChI=1S/C21H29N3O/c1-25-19-9-5-8-18-10-11-20(22-21(18)19)24-14-6-7-17(16-24)15-23-12-3-2-4-13-23/h5,8-11,17H,2-4,6-7,12-16H2,1H3/t17-/m1/s1. The highest BCUT2D eigenvalue weighted by Gasteiger charge is 2.24. The summed E-state index contributed by atoms with van der Waals surface area (Å²) in [5.74, 6) is 2.73. The summed E-state index contributed by atoms with van der Waals surface area (Å²) < 4.78 is 5.50. The van der Waals surface area contributed by atoms with Gasteiger partial charge in [0.2, 0.25) is 0 Å². The van der Waals surface area contributed by atoms with Crippen LogP contribution in [-0.4, -0.2) is 49.7 Å². The number of rotatable bonds is 4. The maximum absolute atomic E-state index is 5.50. The smallest absolute Gasteiger partial charge is 0.145 e. The molecular weight excluding hydrogens is 310 g/mol. The van der Waals surface area contributed by atoms with E-state index in [1.54, 1.807) is 7.11 Å². The van der Waals surface area contributed by atoms with Crippen molar-refractivity contribution in [3.8, 4) is 5.75 Å². The van der Waals surface area contributed by atoms with Crippen LogP contribution in [0.15, 0.2) is 30.3 Å². The van der Waals surface area contributed by atoms with E-state index < -0.39 is 0 Å². The summed E-state index contributed by atoms with van der Waals surface area (Å²) >= 11 is 0. The molecular formula is C21H29N3O. The third-order valence-corrected chi connectivity index (χ3v) is 5.70. The van der Waals surface area contributed by atoms with Crippen molar-refractivity contribution in [3.63, 3.8) is 0 Å². The highest BCUT2D eigenvalue weighted by molar-refractivity contribution is 5.85. The Morgan fingerprint density at radius 2 is 1.92 bits per heavy atom. The van der Waals surface area contributed by atoms with Gasteiger partial charge in [-0.15, -0.1) is 0 Å². The number of pyridine rings is 1. The van der Waals surface area contributed by atoms with Crippen LogP contribution in [0, 0.1) is 5.92 Å². The van der Waals surface area contributed by atoms with Crippen molar-refractivity contribution >= 4 is 16.7 Å². The predicted molar refractivity (Wildman–Crippen MR) is 104 cm³/mol. The van der Waals surface area contributed by atoms with Crippen LogP contribution in [0.2, 0.25) is 0 Å². The molecule has 0 saturated carbocycles. The number of para-hydroxylation sites is 1. The summed E-state index contributed by atoms with van der Waals surface area (Å²) in [7, 11) is 1.72. The number of fused-ring (bicyclic) bond motifs is 1.